The van der Waals surface area contributed by atoms with Gasteiger partial charge < -0.3 is 15.0 Å². The summed E-state index contributed by atoms with van der Waals surface area (Å²) in [6.45, 7) is 7.02. The molecular weight excluding hydrogens is 300 g/mol. The van der Waals surface area contributed by atoms with Gasteiger partial charge in [-0.15, -0.1) is 0 Å². The van der Waals surface area contributed by atoms with Crippen molar-refractivity contribution in [3.63, 3.8) is 0 Å². The van der Waals surface area contributed by atoms with Crippen LogP contribution >= 0.6 is 0 Å². The van der Waals surface area contributed by atoms with Crippen LogP contribution in [-0.2, 0) is 17.7 Å². The monoisotopic (exact) mass is 324 g/mol. The third-order valence-electron chi connectivity index (χ3n) is 3.95. The third kappa shape index (κ3) is 3.88. The Morgan fingerprint density at radius 2 is 1.96 bits per heavy atom. The number of hydrogen-bond donors (Lipinski definition) is 1. The summed E-state index contributed by atoms with van der Waals surface area (Å²) in [4.78, 5) is 14.1. The zero-order valence-electron chi connectivity index (χ0n) is 14.5. The lowest BCUT2D eigenvalue weighted by molar-refractivity contribution is 0.0523. The van der Waals surface area contributed by atoms with E-state index in [1.165, 1.54) is 11.3 Å². The predicted molar refractivity (Wildman–Crippen MR) is 96.7 cm³/mol. The van der Waals surface area contributed by atoms with Crippen LogP contribution in [0.1, 0.15) is 31.9 Å². The smallest absolute Gasteiger partial charge is 0.407 e. The van der Waals surface area contributed by atoms with Gasteiger partial charge in [0.1, 0.15) is 5.60 Å². The first-order valence-corrected chi connectivity index (χ1v) is 8.34. The number of fused-ring (bicyclic) bond motifs is 1. The fourth-order valence-corrected chi connectivity index (χ4v) is 2.93. The summed E-state index contributed by atoms with van der Waals surface area (Å²) >= 11 is 0. The average molecular weight is 324 g/mol. The molecule has 0 aliphatic carbocycles. The number of nitrogens with one attached hydrogen (secondary N) is 1. The van der Waals surface area contributed by atoms with Crippen molar-refractivity contribution in [2.24, 2.45) is 0 Å². The summed E-state index contributed by atoms with van der Waals surface area (Å²) in [5, 5.41) is 2.81. The van der Waals surface area contributed by atoms with Crippen LogP contribution in [0.4, 0.5) is 16.2 Å². The topological polar surface area (TPSA) is 41.6 Å². The molecule has 4 nitrogen and oxygen atoms in total. The highest BCUT2D eigenvalue weighted by atomic mass is 16.6. The second-order valence-corrected chi connectivity index (χ2v) is 7.06. The number of nitrogens with zero attached hydrogens (tertiary/aromatic N) is 1. The minimum Gasteiger partial charge on any atom is -0.444 e. The van der Waals surface area contributed by atoms with Crippen LogP contribution in [0.2, 0.25) is 0 Å². The van der Waals surface area contributed by atoms with Crippen LogP contribution in [0.3, 0.4) is 0 Å². The number of anilines is 2. The zero-order chi connectivity index (χ0) is 17.2. The van der Waals surface area contributed by atoms with Gasteiger partial charge in [-0.1, -0.05) is 30.3 Å². The van der Waals surface area contributed by atoms with E-state index in [0.717, 1.165) is 24.2 Å². The van der Waals surface area contributed by atoms with Gasteiger partial charge >= 0.3 is 6.09 Å². The molecule has 126 valence electrons. The number of benzene rings is 2. The fourth-order valence-electron chi connectivity index (χ4n) is 2.93. The van der Waals surface area contributed by atoms with E-state index in [4.69, 9.17) is 4.74 Å². The molecule has 1 heterocycles. The lowest BCUT2D eigenvalue weighted by Crippen LogP contribution is -2.32. The van der Waals surface area contributed by atoms with Gasteiger partial charge in [0.15, 0.2) is 0 Å². The van der Waals surface area contributed by atoms with Gasteiger partial charge in [0, 0.05) is 24.5 Å². The largest absolute Gasteiger partial charge is 0.444 e. The van der Waals surface area contributed by atoms with E-state index in [9.17, 15) is 4.79 Å². The highest BCUT2D eigenvalue weighted by Gasteiger charge is 2.20. The molecule has 0 atom stereocenters. The lowest BCUT2D eigenvalue weighted by Gasteiger charge is -2.21. The third-order valence-corrected chi connectivity index (χ3v) is 3.95. The molecule has 1 N–H and O–H groups in total. The quantitative estimate of drug-likeness (QED) is 0.909. The molecule has 2 aromatic carbocycles. The summed E-state index contributed by atoms with van der Waals surface area (Å²) in [7, 11) is 0. The summed E-state index contributed by atoms with van der Waals surface area (Å²) in [5.41, 5.74) is 4.39. The first-order chi connectivity index (χ1) is 11.4. The van der Waals surface area contributed by atoms with Gasteiger partial charge in [-0.2, -0.15) is 0 Å². The predicted octanol–water partition coefficient (Wildman–Crippen LogP) is 4.41. The molecule has 1 aliphatic rings. The number of para-hydroxylation sites is 1. The second-order valence-electron chi connectivity index (χ2n) is 7.06. The molecular formula is C20H24N2O2. The zero-order valence-corrected chi connectivity index (χ0v) is 14.5. The van der Waals surface area contributed by atoms with Crippen molar-refractivity contribution in [1.82, 2.24) is 5.32 Å². The van der Waals surface area contributed by atoms with Crippen molar-refractivity contribution < 1.29 is 9.53 Å². The minimum atomic E-state index is -0.481. The summed E-state index contributed by atoms with van der Waals surface area (Å²) in [6.07, 6.45) is 0.677. The minimum absolute atomic E-state index is 0.389. The molecule has 0 fully saturated rings. The van der Waals surface area contributed by atoms with Crippen molar-refractivity contribution in [2.45, 2.75) is 39.3 Å². The Morgan fingerprint density at radius 3 is 2.75 bits per heavy atom. The number of ether oxygens (including phenoxy) is 1. The number of hydrogen-bond acceptors (Lipinski definition) is 3. The first-order valence-electron chi connectivity index (χ1n) is 8.34. The highest BCUT2D eigenvalue weighted by Crippen LogP contribution is 2.34. The molecule has 0 bridgehead atoms. The second kappa shape index (κ2) is 6.56. The Hall–Kier alpha value is -2.49. The number of rotatable bonds is 3. The van der Waals surface area contributed by atoms with Crippen LogP contribution in [0.5, 0.6) is 0 Å². The molecule has 0 unspecified atom stereocenters. The summed E-state index contributed by atoms with van der Waals surface area (Å²) < 4.78 is 5.28. The Balaban J connectivity index is 1.68. The molecule has 0 spiro atoms. The summed E-state index contributed by atoms with van der Waals surface area (Å²) in [6, 6.07) is 16.8. The molecule has 0 saturated carbocycles. The van der Waals surface area contributed by atoms with Crippen molar-refractivity contribution in [1.29, 1.82) is 0 Å². The standard InChI is InChI=1S/C20H24N2O2/c1-20(2,3)24-19(23)21-14-15-7-6-9-17(13-15)22-12-11-16-8-4-5-10-18(16)22/h4-10,13H,11-12,14H2,1-3H3,(H,21,23). The van der Waals surface area contributed by atoms with Crippen LogP contribution in [0.25, 0.3) is 0 Å². The average Bonchev–Trinajstić information content (AvgIpc) is 2.96. The van der Waals surface area contributed by atoms with Crippen LogP contribution in [0, 0.1) is 0 Å². The van der Waals surface area contributed by atoms with Gasteiger partial charge in [0.05, 0.1) is 0 Å². The normalized spacial score (nSPS) is 13.5. The van der Waals surface area contributed by atoms with E-state index in [2.05, 4.69) is 46.6 Å². The number of carbonyl (C=O) groups excluding carboxylic acids is 1. The Kier molecular flexibility index (Phi) is 4.47. The van der Waals surface area contributed by atoms with Crippen molar-refractivity contribution >= 4 is 17.5 Å². The maximum absolute atomic E-state index is 11.8. The van der Waals surface area contributed by atoms with Gasteiger partial charge in [0.2, 0.25) is 0 Å². The van der Waals surface area contributed by atoms with E-state index in [1.807, 2.05) is 32.9 Å². The lowest BCUT2D eigenvalue weighted by atomic mass is 10.1. The van der Waals surface area contributed by atoms with E-state index < -0.39 is 5.60 Å². The maximum Gasteiger partial charge on any atom is 0.407 e. The summed E-state index contributed by atoms with van der Waals surface area (Å²) in [5.74, 6) is 0. The van der Waals surface area contributed by atoms with Crippen molar-refractivity contribution in [3.8, 4) is 0 Å². The molecule has 0 aromatic heterocycles. The first kappa shape index (κ1) is 16.4. The number of amides is 1. The van der Waals surface area contributed by atoms with Crippen LogP contribution in [-0.4, -0.2) is 18.2 Å². The molecule has 4 heteroatoms. The molecule has 1 aliphatic heterocycles. The Bertz CT molecular complexity index is 734. The van der Waals surface area contributed by atoms with Crippen molar-refractivity contribution in [2.75, 3.05) is 11.4 Å². The van der Waals surface area contributed by atoms with Gasteiger partial charge in [-0.25, -0.2) is 4.79 Å². The Morgan fingerprint density at radius 1 is 1.17 bits per heavy atom. The maximum atomic E-state index is 11.8. The molecule has 2 aromatic rings. The van der Waals surface area contributed by atoms with Gasteiger partial charge in [0.25, 0.3) is 0 Å². The molecule has 3 rings (SSSR count). The van der Waals surface area contributed by atoms with E-state index >= 15 is 0 Å². The molecule has 24 heavy (non-hydrogen) atoms. The van der Waals surface area contributed by atoms with E-state index in [0.29, 0.717) is 6.54 Å². The fraction of sp³-hybridized carbons (Fsp3) is 0.350. The van der Waals surface area contributed by atoms with Crippen LogP contribution < -0.4 is 10.2 Å². The molecule has 0 saturated heterocycles. The molecule has 1 amide bonds. The number of carbonyl (C=O) groups is 1. The SMILES string of the molecule is CC(C)(C)OC(=O)NCc1cccc(N2CCc3ccccc32)c1. The van der Waals surface area contributed by atoms with E-state index in [1.54, 1.807) is 0 Å². The highest BCUT2D eigenvalue weighted by molar-refractivity contribution is 5.70. The Labute approximate surface area is 143 Å². The van der Waals surface area contributed by atoms with Gasteiger partial charge in [-0.05, 0) is 56.5 Å². The molecule has 0 radical (unpaired) electrons. The van der Waals surface area contributed by atoms with Crippen LogP contribution in [0.15, 0.2) is 48.5 Å². The van der Waals surface area contributed by atoms with Crippen molar-refractivity contribution in [3.05, 3.63) is 59.7 Å². The van der Waals surface area contributed by atoms with E-state index in [-0.39, 0.29) is 6.09 Å². The van der Waals surface area contributed by atoms with Gasteiger partial charge in [-0.3, -0.25) is 0 Å². The number of alkyl carbamates (subject to hydrolysis) is 1.